The summed E-state index contributed by atoms with van der Waals surface area (Å²) in [6.45, 7) is 4.74. The van der Waals surface area contributed by atoms with Gasteiger partial charge in [0.2, 0.25) is 0 Å². The number of aromatic nitrogens is 3. The molecule has 3 aromatic rings. The minimum Gasteiger partial charge on any atom is -0.351 e. The zero-order valence-corrected chi connectivity index (χ0v) is 17.6. The number of hydrogen-bond donors (Lipinski definition) is 1. The van der Waals surface area contributed by atoms with Gasteiger partial charge in [-0.3, -0.25) is 4.79 Å². The quantitative estimate of drug-likeness (QED) is 0.433. The van der Waals surface area contributed by atoms with Gasteiger partial charge in [0.05, 0.1) is 17.1 Å². The molecule has 2 aromatic heterocycles. The molecular weight excluding hydrogens is 392 g/mol. The highest BCUT2D eigenvalue weighted by Crippen LogP contribution is 2.40. The molecule has 28 heavy (non-hydrogen) atoms. The number of benzene rings is 1. The molecule has 0 saturated heterocycles. The van der Waals surface area contributed by atoms with Gasteiger partial charge in [0.15, 0.2) is 5.65 Å². The lowest BCUT2D eigenvalue weighted by molar-refractivity contribution is 0.0957. The predicted molar refractivity (Wildman–Crippen MR) is 114 cm³/mol. The predicted octanol–water partition coefficient (Wildman–Crippen LogP) is 5.07. The molecule has 0 atom stereocenters. The van der Waals surface area contributed by atoms with Crippen LogP contribution in [0.3, 0.4) is 0 Å². The van der Waals surface area contributed by atoms with E-state index in [0.717, 1.165) is 45.2 Å². The molecule has 146 valence electrons. The Morgan fingerprint density at radius 2 is 2.07 bits per heavy atom. The molecule has 1 amide bonds. The van der Waals surface area contributed by atoms with Gasteiger partial charge in [-0.1, -0.05) is 11.6 Å². The average molecular weight is 415 g/mol. The van der Waals surface area contributed by atoms with Crippen molar-refractivity contribution < 1.29 is 4.79 Å². The standard InChI is InChI=1S/C21H23ClN4OS/c1-13(2)26-20-18(12-24-26)17(11-19(25-20)14-3-4-14)21(27)23-9-10-28-16-7-5-15(22)6-8-16/h5-8,11-14H,3-4,9-10H2,1-2H3,(H,23,27). The van der Waals surface area contributed by atoms with Crippen molar-refractivity contribution in [3.05, 3.63) is 52.8 Å². The maximum absolute atomic E-state index is 12.9. The van der Waals surface area contributed by atoms with Gasteiger partial charge in [-0.05, 0) is 57.0 Å². The fourth-order valence-corrected chi connectivity index (χ4v) is 4.05. The summed E-state index contributed by atoms with van der Waals surface area (Å²) in [6, 6.07) is 9.89. The van der Waals surface area contributed by atoms with E-state index in [1.165, 1.54) is 0 Å². The van der Waals surface area contributed by atoms with E-state index < -0.39 is 0 Å². The second kappa shape index (κ2) is 8.13. The van der Waals surface area contributed by atoms with Gasteiger partial charge >= 0.3 is 0 Å². The van der Waals surface area contributed by atoms with Crippen LogP contribution in [0.2, 0.25) is 5.02 Å². The number of amides is 1. The summed E-state index contributed by atoms with van der Waals surface area (Å²) >= 11 is 7.61. The highest BCUT2D eigenvalue weighted by molar-refractivity contribution is 7.99. The summed E-state index contributed by atoms with van der Waals surface area (Å²) in [7, 11) is 0. The van der Waals surface area contributed by atoms with Crippen LogP contribution in [0.1, 0.15) is 54.7 Å². The first-order chi connectivity index (χ1) is 13.5. The molecule has 1 N–H and O–H groups in total. The maximum atomic E-state index is 12.9. The van der Waals surface area contributed by atoms with Gasteiger partial charge in [-0.2, -0.15) is 5.10 Å². The number of nitrogens with zero attached hydrogens (tertiary/aromatic N) is 3. The van der Waals surface area contributed by atoms with Gasteiger partial charge < -0.3 is 5.32 Å². The number of thioether (sulfide) groups is 1. The molecule has 0 bridgehead atoms. The van der Waals surface area contributed by atoms with Crippen molar-refractivity contribution in [3.8, 4) is 0 Å². The maximum Gasteiger partial charge on any atom is 0.252 e. The molecule has 2 heterocycles. The summed E-state index contributed by atoms with van der Waals surface area (Å²) in [6.07, 6.45) is 4.05. The summed E-state index contributed by atoms with van der Waals surface area (Å²) in [5.74, 6) is 1.21. The van der Waals surface area contributed by atoms with Crippen LogP contribution in [0.5, 0.6) is 0 Å². The molecule has 1 saturated carbocycles. The first-order valence-electron chi connectivity index (χ1n) is 9.57. The second-order valence-corrected chi connectivity index (χ2v) is 8.95. The van der Waals surface area contributed by atoms with E-state index in [-0.39, 0.29) is 11.9 Å². The smallest absolute Gasteiger partial charge is 0.252 e. The number of carbonyl (C=O) groups is 1. The Bertz CT molecular complexity index is 996. The number of fused-ring (bicyclic) bond motifs is 1. The Hall–Kier alpha value is -2.05. The van der Waals surface area contributed by atoms with Crippen molar-refractivity contribution in [1.29, 1.82) is 0 Å². The average Bonchev–Trinajstić information content (AvgIpc) is 3.44. The Labute approximate surface area is 173 Å². The van der Waals surface area contributed by atoms with Crippen LogP contribution in [-0.4, -0.2) is 33.0 Å². The van der Waals surface area contributed by atoms with Crippen molar-refractivity contribution in [2.75, 3.05) is 12.3 Å². The first-order valence-corrected chi connectivity index (χ1v) is 10.9. The number of hydrogen-bond acceptors (Lipinski definition) is 4. The SMILES string of the molecule is CC(C)n1ncc2c(C(=O)NCCSc3ccc(Cl)cc3)cc(C3CC3)nc21. The highest BCUT2D eigenvalue weighted by Gasteiger charge is 2.28. The van der Waals surface area contributed by atoms with Crippen molar-refractivity contribution in [1.82, 2.24) is 20.1 Å². The van der Waals surface area contributed by atoms with Crippen LogP contribution in [0.4, 0.5) is 0 Å². The van der Waals surface area contributed by atoms with Gasteiger partial charge in [-0.15, -0.1) is 11.8 Å². The number of rotatable bonds is 7. The molecule has 1 aliphatic rings. The van der Waals surface area contributed by atoms with Crippen molar-refractivity contribution in [2.24, 2.45) is 0 Å². The van der Waals surface area contributed by atoms with Crippen LogP contribution >= 0.6 is 23.4 Å². The topological polar surface area (TPSA) is 59.8 Å². The Kier molecular flexibility index (Phi) is 5.60. The lowest BCUT2D eigenvalue weighted by atomic mass is 10.1. The zero-order chi connectivity index (χ0) is 19.7. The normalized spacial score (nSPS) is 14.0. The molecule has 5 nitrogen and oxygen atoms in total. The highest BCUT2D eigenvalue weighted by atomic mass is 35.5. The number of pyridine rings is 1. The first kappa shape index (κ1) is 19.3. The molecule has 7 heteroatoms. The molecular formula is C21H23ClN4OS. The fraction of sp³-hybridized carbons (Fsp3) is 0.381. The molecule has 0 spiro atoms. The summed E-state index contributed by atoms with van der Waals surface area (Å²) in [5.41, 5.74) is 2.49. The molecule has 0 aliphatic heterocycles. The van der Waals surface area contributed by atoms with E-state index in [2.05, 4.69) is 24.3 Å². The van der Waals surface area contributed by atoms with Crippen LogP contribution in [-0.2, 0) is 0 Å². The van der Waals surface area contributed by atoms with E-state index in [4.69, 9.17) is 16.6 Å². The van der Waals surface area contributed by atoms with E-state index in [9.17, 15) is 4.79 Å². The van der Waals surface area contributed by atoms with Crippen molar-refractivity contribution >= 4 is 40.3 Å². The third kappa shape index (κ3) is 4.18. The van der Waals surface area contributed by atoms with Crippen LogP contribution < -0.4 is 5.32 Å². The largest absolute Gasteiger partial charge is 0.351 e. The van der Waals surface area contributed by atoms with Gasteiger partial charge in [0.1, 0.15) is 0 Å². The summed E-state index contributed by atoms with van der Waals surface area (Å²) in [5, 5.41) is 9.06. The number of carbonyl (C=O) groups excluding carboxylic acids is 1. The summed E-state index contributed by atoms with van der Waals surface area (Å²) in [4.78, 5) is 18.8. The third-order valence-electron chi connectivity index (χ3n) is 4.79. The third-order valence-corrected chi connectivity index (χ3v) is 6.05. The molecule has 1 aliphatic carbocycles. The molecule has 1 aromatic carbocycles. The molecule has 4 rings (SSSR count). The lowest BCUT2D eigenvalue weighted by Crippen LogP contribution is -2.26. The zero-order valence-electron chi connectivity index (χ0n) is 16.0. The Morgan fingerprint density at radius 1 is 1.32 bits per heavy atom. The van der Waals surface area contributed by atoms with E-state index in [0.29, 0.717) is 18.0 Å². The van der Waals surface area contributed by atoms with Crippen LogP contribution in [0.15, 0.2) is 41.4 Å². The number of nitrogens with one attached hydrogen (secondary N) is 1. The van der Waals surface area contributed by atoms with Crippen LogP contribution in [0.25, 0.3) is 11.0 Å². The van der Waals surface area contributed by atoms with Crippen molar-refractivity contribution in [2.45, 2.75) is 43.5 Å². The van der Waals surface area contributed by atoms with E-state index in [1.807, 2.05) is 35.0 Å². The second-order valence-electron chi connectivity index (χ2n) is 7.35. The minimum atomic E-state index is -0.0608. The Morgan fingerprint density at radius 3 is 2.75 bits per heavy atom. The number of halogens is 1. The monoisotopic (exact) mass is 414 g/mol. The molecule has 0 unspecified atom stereocenters. The van der Waals surface area contributed by atoms with E-state index >= 15 is 0 Å². The van der Waals surface area contributed by atoms with E-state index in [1.54, 1.807) is 18.0 Å². The van der Waals surface area contributed by atoms with Gasteiger partial charge in [0, 0.05) is 39.9 Å². The van der Waals surface area contributed by atoms with Crippen LogP contribution in [0, 0.1) is 0 Å². The minimum absolute atomic E-state index is 0.0608. The lowest BCUT2D eigenvalue weighted by Gasteiger charge is -2.10. The fourth-order valence-electron chi connectivity index (χ4n) is 3.15. The molecule has 0 radical (unpaired) electrons. The van der Waals surface area contributed by atoms with Gasteiger partial charge in [-0.25, -0.2) is 9.67 Å². The van der Waals surface area contributed by atoms with Crippen molar-refractivity contribution in [3.63, 3.8) is 0 Å². The molecule has 1 fully saturated rings. The summed E-state index contributed by atoms with van der Waals surface area (Å²) < 4.78 is 1.90. The van der Waals surface area contributed by atoms with Gasteiger partial charge in [0.25, 0.3) is 5.91 Å². The Balaban J connectivity index is 1.47.